The van der Waals surface area contributed by atoms with Gasteiger partial charge in [-0.2, -0.15) is 0 Å². The first-order valence-electron chi connectivity index (χ1n) is 8.54. The first-order chi connectivity index (χ1) is 12.1. The Morgan fingerprint density at radius 2 is 2.16 bits per heavy atom. The number of benzene rings is 1. The number of rotatable bonds is 9. The van der Waals surface area contributed by atoms with Crippen molar-refractivity contribution in [2.24, 2.45) is 0 Å². The summed E-state index contributed by atoms with van der Waals surface area (Å²) in [5.41, 5.74) is 0.927. The fraction of sp³-hybridized carbons (Fsp3) is 0.556. The summed E-state index contributed by atoms with van der Waals surface area (Å²) in [6, 6.07) is 6.94. The molecule has 0 aromatic heterocycles. The number of carbonyl (C=O) groups is 2. The quantitative estimate of drug-likeness (QED) is 0.652. The summed E-state index contributed by atoms with van der Waals surface area (Å²) in [6.45, 7) is 2.12. The topological polar surface area (TPSA) is 88.1 Å². The van der Waals surface area contributed by atoms with Gasteiger partial charge in [0.2, 0.25) is 5.91 Å². The maximum Gasteiger partial charge on any atom is 0.320 e. The highest BCUT2D eigenvalue weighted by Gasteiger charge is 2.29. The van der Waals surface area contributed by atoms with Crippen LogP contribution in [0.15, 0.2) is 24.3 Å². The zero-order valence-corrected chi connectivity index (χ0v) is 14.6. The molecule has 1 aromatic carbocycles. The molecule has 0 saturated carbocycles. The van der Waals surface area contributed by atoms with Crippen molar-refractivity contribution in [1.82, 2.24) is 10.2 Å². The van der Waals surface area contributed by atoms with Crippen molar-refractivity contribution in [2.45, 2.75) is 31.8 Å². The number of nitrogens with zero attached hydrogens (tertiary/aromatic N) is 1. The molecule has 7 heteroatoms. The van der Waals surface area contributed by atoms with Gasteiger partial charge in [0.25, 0.3) is 0 Å². The first kappa shape index (κ1) is 19.2. The largest absolute Gasteiger partial charge is 0.491 e. The summed E-state index contributed by atoms with van der Waals surface area (Å²) < 4.78 is 10.5. The van der Waals surface area contributed by atoms with Crippen molar-refractivity contribution in [3.8, 4) is 5.75 Å². The lowest BCUT2D eigenvalue weighted by Crippen LogP contribution is -2.48. The predicted octanol–water partition coefficient (Wildman–Crippen LogP) is 1.27. The van der Waals surface area contributed by atoms with E-state index in [1.165, 1.54) is 0 Å². The molecule has 1 aliphatic heterocycles. The fourth-order valence-corrected chi connectivity index (χ4v) is 2.89. The van der Waals surface area contributed by atoms with Crippen LogP contribution in [0.5, 0.6) is 5.75 Å². The van der Waals surface area contributed by atoms with E-state index in [2.05, 4.69) is 5.32 Å². The molecule has 1 atom stereocenters. The van der Waals surface area contributed by atoms with Crippen LogP contribution in [0.2, 0.25) is 0 Å². The second-order valence-electron chi connectivity index (χ2n) is 6.09. The van der Waals surface area contributed by atoms with Crippen LogP contribution < -0.4 is 10.1 Å². The summed E-state index contributed by atoms with van der Waals surface area (Å²) in [4.78, 5) is 25.2. The monoisotopic (exact) mass is 350 g/mol. The van der Waals surface area contributed by atoms with Crippen molar-refractivity contribution in [2.75, 3.05) is 33.4 Å². The van der Waals surface area contributed by atoms with Crippen LogP contribution in [0.4, 0.5) is 0 Å². The SMILES string of the molecule is COCCOc1cccc(CNC(=O)CN2CCCCC2C(=O)O)c1. The normalized spacial score (nSPS) is 17.9. The minimum Gasteiger partial charge on any atom is -0.491 e. The van der Waals surface area contributed by atoms with Gasteiger partial charge < -0.3 is 19.9 Å². The lowest BCUT2D eigenvalue weighted by molar-refractivity contribution is -0.145. The highest BCUT2D eigenvalue weighted by atomic mass is 16.5. The zero-order valence-electron chi connectivity index (χ0n) is 14.6. The Bertz CT molecular complexity index is 578. The summed E-state index contributed by atoms with van der Waals surface area (Å²) in [7, 11) is 1.62. The third kappa shape index (κ3) is 6.36. The van der Waals surface area contributed by atoms with Gasteiger partial charge in [-0.1, -0.05) is 18.6 Å². The summed E-state index contributed by atoms with van der Waals surface area (Å²) in [5, 5.41) is 12.1. The molecule has 1 aliphatic rings. The van der Waals surface area contributed by atoms with Crippen LogP contribution in [-0.2, 0) is 20.9 Å². The van der Waals surface area contributed by atoms with Crippen LogP contribution in [0.1, 0.15) is 24.8 Å². The molecular formula is C18H26N2O5. The number of hydrogen-bond donors (Lipinski definition) is 2. The zero-order chi connectivity index (χ0) is 18.1. The highest BCUT2D eigenvalue weighted by molar-refractivity contribution is 5.80. The number of aliphatic carboxylic acids is 1. The van der Waals surface area contributed by atoms with E-state index in [1.807, 2.05) is 24.3 Å². The van der Waals surface area contributed by atoms with E-state index in [0.717, 1.165) is 24.2 Å². The Balaban J connectivity index is 1.81. The van der Waals surface area contributed by atoms with Gasteiger partial charge in [-0.3, -0.25) is 14.5 Å². The lowest BCUT2D eigenvalue weighted by Gasteiger charge is -2.32. The number of carboxylic acid groups (broad SMARTS) is 1. The molecule has 0 spiro atoms. The van der Waals surface area contributed by atoms with Gasteiger partial charge in [-0.25, -0.2) is 0 Å². The molecule has 1 amide bonds. The van der Waals surface area contributed by atoms with Crippen LogP contribution in [0.25, 0.3) is 0 Å². The van der Waals surface area contributed by atoms with Gasteiger partial charge in [0, 0.05) is 13.7 Å². The number of likely N-dealkylation sites (tertiary alicyclic amines) is 1. The molecule has 0 radical (unpaired) electrons. The van der Waals surface area contributed by atoms with Gasteiger partial charge >= 0.3 is 5.97 Å². The Morgan fingerprint density at radius 1 is 1.32 bits per heavy atom. The molecule has 0 aliphatic carbocycles. The lowest BCUT2D eigenvalue weighted by atomic mass is 10.0. The summed E-state index contributed by atoms with van der Waals surface area (Å²) in [5.74, 6) is -0.293. The van der Waals surface area contributed by atoms with Gasteiger partial charge in [0.05, 0.1) is 13.2 Å². The average molecular weight is 350 g/mol. The molecule has 1 saturated heterocycles. The Hall–Kier alpha value is -2.12. The maximum absolute atomic E-state index is 12.2. The second kappa shape index (κ2) is 10.0. The van der Waals surface area contributed by atoms with E-state index in [-0.39, 0.29) is 12.5 Å². The van der Waals surface area contributed by atoms with Crippen LogP contribution in [0.3, 0.4) is 0 Å². The van der Waals surface area contributed by atoms with Gasteiger partial charge in [0.15, 0.2) is 0 Å². The highest BCUT2D eigenvalue weighted by Crippen LogP contribution is 2.17. The Kier molecular flexibility index (Phi) is 7.69. The van der Waals surface area contributed by atoms with E-state index < -0.39 is 12.0 Å². The predicted molar refractivity (Wildman–Crippen MR) is 92.5 cm³/mol. The molecule has 2 rings (SSSR count). The summed E-state index contributed by atoms with van der Waals surface area (Å²) >= 11 is 0. The summed E-state index contributed by atoms with van der Waals surface area (Å²) in [6.07, 6.45) is 2.42. The molecule has 2 N–H and O–H groups in total. The number of ether oxygens (including phenoxy) is 2. The minimum atomic E-state index is -0.853. The fourth-order valence-electron chi connectivity index (χ4n) is 2.89. The molecule has 1 unspecified atom stereocenters. The van der Waals surface area contributed by atoms with Crippen molar-refractivity contribution in [3.63, 3.8) is 0 Å². The van der Waals surface area contributed by atoms with Gasteiger partial charge in [0.1, 0.15) is 18.4 Å². The molecule has 138 valence electrons. The Morgan fingerprint density at radius 3 is 2.92 bits per heavy atom. The number of carboxylic acids is 1. The minimum absolute atomic E-state index is 0.112. The standard InChI is InChI=1S/C18H26N2O5/c1-24-9-10-25-15-6-4-5-14(11-15)12-19-17(21)13-20-8-3-2-7-16(20)18(22)23/h4-6,11,16H,2-3,7-10,12-13H2,1H3,(H,19,21)(H,22,23). The van der Waals surface area contributed by atoms with Crippen molar-refractivity contribution < 1.29 is 24.2 Å². The number of amides is 1. The number of hydrogen-bond acceptors (Lipinski definition) is 5. The third-order valence-electron chi connectivity index (χ3n) is 4.19. The average Bonchev–Trinajstić information content (AvgIpc) is 2.61. The number of methoxy groups -OCH3 is 1. The molecule has 1 fully saturated rings. The van der Waals surface area contributed by atoms with Crippen molar-refractivity contribution in [1.29, 1.82) is 0 Å². The number of piperidine rings is 1. The van der Waals surface area contributed by atoms with E-state index in [1.54, 1.807) is 12.0 Å². The molecule has 7 nitrogen and oxygen atoms in total. The Labute approximate surface area is 147 Å². The van der Waals surface area contributed by atoms with E-state index in [0.29, 0.717) is 32.7 Å². The first-order valence-corrected chi connectivity index (χ1v) is 8.54. The molecule has 0 bridgehead atoms. The van der Waals surface area contributed by atoms with E-state index in [4.69, 9.17) is 9.47 Å². The number of carbonyl (C=O) groups excluding carboxylic acids is 1. The van der Waals surface area contributed by atoms with Crippen LogP contribution in [0, 0.1) is 0 Å². The maximum atomic E-state index is 12.2. The van der Waals surface area contributed by atoms with E-state index >= 15 is 0 Å². The second-order valence-corrected chi connectivity index (χ2v) is 6.09. The number of nitrogens with one attached hydrogen (secondary N) is 1. The van der Waals surface area contributed by atoms with E-state index in [9.17, 15) is 14.7 Å². The van der Waals surface area contributed by atoms with Gasteiger partial charge in [-0.05, 0) is 37.1 Å². The van der Waals surface area contributed by atoms with Crippen LogP contribution >= 0.6 is 0 Å². The smallest absolute Gasteiger partial charge is 0.320 e. The third-order valence-corrected chi connectivity index (χ3v) is 4.19. The van der Waals surface area contributed by atoms with Crippen LogP contribution in [-0.4, -0.2) is 61.3 Å². The molecular weight excluding hydrogens is 324 g/mol. The van der Waals surface area contributed by atoms with Crippen molar-refractivity contribution >= 4 is 11.9 Å². The molecule has 25 heavy (non-hydrogen) atoms. The van der Waals surface area contributed by atoms with Gasteiger partial charge in [-0.15, -0.1) is 0 Å². The molecule has 1 aromatic rings. The molecule has 1 heterocycles. The van der Waals surface area contributed by atoms with Crippen molar-refractivity contribution in [3.05, 3.63) is 29.8 Å².